The Balaban J connectivity index is 1.76. The van der Waals surface area contributed by atoms with Gasteiger partial charge in [-0.2, -0.15) is 0 Å². The standard InChI is InChI=1S/C28H38N4O8/c1-17(2)25(31-22(33)12-14-39-15-13-32-23(34)10-11-24(32)35)27(37)29-19(5)26(36)30-21-8-6-20(7-9-21)16-40-28(38)18(3)4/h6-11,17-19,25H,12-16H2,1-5H3,(H,29,37)(H,30,36)(H,31,33)/t19-,25-/m0/s1. The molecule has 1 aliphatic heterocycles. The largest absolute Gasteiger partial charge is 0.461 e. The summed E-state index contributed by atoms with van der Waals surface area (Å²) in [4.78, 5) is 73.5. The molecule has 0 unspecified atom stereocenters. The fourth-order valence-electron chi connectivity index (χ4n) is 3.48. The molecular weight excluding hydrogens is 520 g/mol. The number of carbonyl (C=O) groups is 6. The number of benzene rings is 1. The van der Waals surface area contributed by atoms with Gasteiger partial charge >= 0.3 is 5.97 Å². The number of esters is 1. The highest BCUT2D eigenvalue weighted by Crippen LogP contribution is 2.12. The summed E-state index contributed by atoms with van der Waals surface area (Å²) in [5.74, 6) is -2.94. The first kappa shape index (κ1) is 32.2. The van der Waals surface area contributed by atoms with Crippen LogP contribution in [0.5, 0.6) is 0 Å². The average Bonchev–Trinajstić information content (AvgIpc) is 3.22. The Hall–Kier alpha value is -4.06. The molecule has 0 bridgehead atoms. The van der Waals surface area contributed by atoms with Crippen LogP contribution in [0.25, 0.3) is 0 Å². The normalized spacial score (nSPS) is 14.3. The van der Waals surface area contributed by atoms with Crippen LogP contribution in [0, 0.1) is 11.8 Å². The molecule has 0 fully saturated rings. The Labute approximate surface area is 233 Å². The van der Waals surface area contributed by atoms with E-state index in [9.17, 15) is 28.8 Å². The minimum absolute atomic E-state index is 0.0284. The highest BCUT2D eigenvalue weighted by molar-refractivity contribution is 6.12. The first-order valence-electron chi connectivity index (χ1n) is 13.2. The Morgan fingerprint density at radius 3 is 2.05 bits per heavy atom. The van der Waals surface area contributed by atoms with Crippen molar-refractivity contribution in [3.05, 3.63) is 42.0 Å². The van der Waals surface area contributed by atoms with Gasteiger partial charge in [0.25, 0.3) is 11.8 Å². The molecule has 0 radical (unpaired) electrons. The summed E-state index contributed by atoms with van der Waals surface area (Å²) in [5.41, 5.74) is 1.27. The van der Waals surface area contributed by atoms with Gasteiger partial charge in [0.2, 0.25) is 17.7 Å². The lowest BCUT2D eigenvalue weighted by molar-refractivity contribution is -0.148. The minimum Gasteiger partial charge on any atom is -0.461 e. The van der Waals surface area contributed by atoms with E-state index in [4.69, 9.17) is 9.47 Å². The van der Waals surface area contributed by atoms with E-state index in [1.54, 1.807) is 52.0 Å². The summed E-state index contributed by atoms with van der Waals surface area (Å²) in [7, 11) is 0. The lowest BCUT2D eigenvalue weighted by Crippen LogP contribution is -2.53. The molecule has 0 saturated carbocycles. The van der Waals surface area contributed by atoms with Crippen molar-refractivity contribution in [1.29, 1.82) is 0 Å². The summed E-state index contributed by atoms with van der Waals surface area (Å²) >= 11 is 0. The molecule has 1 aromatic rings. The monoisotopic (exact) mass is 558 g/mol. The second-order valence-corrected chi connectivity index (χ2v) is 9.99. The fourth-order valence-corrected chi connectivity index (χ4v) is 3.48. The first-order chi connectivity index (χ1) is 18.9. The molecule has 218 valence electrons. The molecule has 3 N–H and O–H groups in total. The zero-order valence-corrected chi connectivity index (χ0v) is 23.5. The summed E-state index contributed by atoms with van der Waals surface area (Å²) in [6.07, 6.45) is 2.34. The van der Waals surface area contributed by atoms with Crippen molar-refractivity contribution in [3.8, 4) is 0 Å². The fraction of sp³-hybridized carbons (Fsp3) is 0.500. The number of hydrogen-bond donors (Lipinski definition) is 3. The van der Waals surface area contributed by atoms with Gasteiger partial charge in [-0.05, 0) is 30.5 Å². The van der Waals surface area contributed by atoms with Crippen LogP contribution >= 0.6 is 0 Å². The molecule has 12 heteroatoms. The lowest BCUT2D eigenvalue weighted by atomic mass is 10.0. The number of hydrogen-bond acceptors (Lipinski definition) is 8. The second-order valence-electron chi connectivity index (χ2n) is 9.99. The molecule has 2 rings (SSSR count). The van der Waals surface area contributed by atoms with Crippen LogP contribution < -0.4 is 16.0 Å². The van der Waals surface area contributed by atoms with Gasteiger partial charge in [-0.15, -0.1) is 0 Å². The van der Waals surface area contributed by atoms with Crippen LogP contribution in [0.15, 0.2) is 36.4 Å². The van der Waals surface area contributed by atoms with Gasteiger partial charge in [0.1, 0.15) is 18.7 Å². The van der Waals surface area contributed by atoms with Gasteiger partial charge in [-0.3, -0.25) is 33.7 Å². The molecule has 0 aromatic heterocycles. The molecule has 1 aromatic carbocycles. The zero-order chi connectivity index (χ0) is 29.8. The molecule has 5 amide bonds. The Morgan fingerprint density at radius 2 is 1.48 bits per heavy atom. The highest BCUT2D eigenvalue weighted by atomic mass is 16.5. The van der Waals surface area contributed by atoms with Crippen LogP contribution in [-0.4, -0.2) is 72.2 Å². The molecule has 1 heterocycles. The Kier molecular flexibility index (Phi) is 12.5. The third kappa shape index (κ3) is 10.3. The topological polar surface area (TPSA) is 160 Å². The third-order valence-corrected chi connectivity index (χ3v) is 5.92. The maximum atomic E-state index is 12.8. The molecule has 0 spiro atoms. The quantitative estimate of drug-likeness (QED) is 0.165. The van der Waals surface area contributed by atoms with Gasteiger partial charge in [0.05, 0.1) is 25.7 Å². The molecular formula is C28H38N4O8. The Bertz CT molecular complexity index is 1100. The van der Waals surface area contributed by atoms with Crippen LogP contribution in [0.4, 0.5) is 5.69 Å². The van der Waals surface area contributed by atoms with Gasteiger partial charge in [-0.1, -0.05) is 39.8 Å². The number of amides is 5. The van der Waals surface area contributed by atoms with Gasteiger partial charge in [-0.25, -0.2) is 0 Å². The number of anilines is 1. The van der Waals surface area contributed by atoms with E-state index in [1.165, 1.54) is 19.1 Å². The van der Waals surface area contributed by atoms with E-state index in [-0.39, 0.29) is 50.6 Å². The molecule has 2 atom stereocenters. The Morgan fingerprint density at radius 1 is 0.850 bits per heavy atom. The predicted octanol–water partition coefficient (Wildman–Crippen LogP) is 1.30. The number of nitrogens with one attached hydrogen (secondary N) is 3. The summed E-state index contributed by atoms with van der Waals surface area (Å²) < 4.78 is 10.5. The first-order valence-corrected chi connectivity index (χ1v) is 13.2. The van der Waals surface area contributed by atoms with E-state index >= 15 is 0 Å². The van der Waals surface area contributed by atoms with Crippen molar-refractivity contribution in [2.45, 2.75) is 59.7 Å². The SMILES string of the molecule is CC(C)C(=O)OCc1ccc(NC(=O)[C@H](C)NC(=O)[C@@H](NC(=O)CCOCCN2C(=O)C=CC2=O)C(C)C)cc1. The summed E-state index contributed by atoms with van der Waals surface area (Å²) in [6.45, 7) is 8.91. The van der Waals surface area contributed by atoms with Crippen molar-refractivity contribution in [2.24, 2.45) is 11.8 Å². The number of rotatable bonds is 15. The highest BCUT2D eigenvalue weighted by Gasteiger charge is 2.27. The van der Waals surface area contributed by atoms with Crippen molar-refractivity contribution in [1.82, 2.24) is 15.5 Å². The smallest absolute Gasteiger partial charge is 0.308 e. The molecule has 1 aliphatic rings. The van der Waals surface area contributed by atoms with Crippen molar-refractivity contribution in [2.75, 3.05) is 25.1 Å². The van der Waals surface area contributed by atoms with Crippen molar-refractivity contribution >= 4 is 41.2 Å². The third-order valence-electron chi connectivity index (χ3n) is 5.92. The van der Waals surface area contributed by atoms with Gasteiger partial charge in [0, 0.05) is 24.3 Å². The van der Waals surface area contributed by atoms with E-state index in [1.807, 2.05) is 0 Å². The van der Waals surface area contributed by atoms with E-state index in [0.717, 1.165) is 10.5 Å². The summed E-state index contributed by atoms with van der Waals surface area (Å²) in [5, 5.41) is 8.01. The number of nitrogens with zero attached hydrogens (tertiary/aromatic N) is 1. The van der Waals surface area contributed by atoms with Gasteiger partial charge in [0.15, 0.2) is 0 Å². The molecule has 0 saturated heterocycles. The average molecular weight is 559 g/mol. The number of carbonyl (C=O) groups excluding carboxylic acids is 6. The van der Waals surface area contributed by atoms with E-state index < -0.39 is 41.6 Å². The van der Waals surface area contributed by atoms with Crippen LogP contribution in [0.2, 0.25) is 0 Å². The van der Waals surface area contributed by atoms with Crippen molar-refractivity contribution in [3.63, 3.8) is 0 Å². The van der Waals surface area contributed by atoms with E-state index in [2.05, 4.69) is 16.0 Å². The maximum absolute atomic E-state index is 12.8. The second kappa shape index (κ2) is 15.5. The van der Waals surface area contributed by atoms with Crippen molar-refractivity contribution < 1.29 is 38.2 Å². The van der Waals surface area contributed by atoms with Crippen LogP contribution in [0.3, 0.4) is 0 Å². The molecule has 40 heavy (non-hydrogen) atoms. The lowest BCUT2D eigenvalue weighted by Gasteiger charge is -2.24. The van der Waals surface area contributed by atoms with Gasteiger partial charge < -0.3 is 25.4 Å². The number of ether oxygens (including phenoxy) is 2. The molecule has 12 nitrogen and oxygen atoms in total. The van der Waals surface area contributed by atoms with E-state index in [0.29, 0.717) is 5.69 Å². The minimum atomic E-state index is -0.883. The molecule has 0 aliphatic carbocycles. The predicted molar refractivity (Wildman–Crippen MR) is 145 cm³/mol. The zero-order valence-electron chi connectivity index (χ0n) is 23.5. The maximum Gasteiger partial charge on any atom is 0.308 e. The summed E-state index contributed by atoms with van der Waals surface area (Å²) in [6, 6.07) is 5.03. The van der Waals surface area contributed by atoms with Crippen LogP contribution in [-0.2, 0) is 44.8 Å². The number of imide groups is 1. The van der Waals surface area contributed by atoms with Crippen LogP contribution in [0.1, 0.15) is 46.6 Å².